The van der Waals surface area contributed by atoms with Crippen molar-refractivity contribution >= 4 is 17.4 Å². The van der Waals surface area contributed by atoms with Gasteiger partial charge in [-0.2, -0.15) is 0 Å². The predicted molar refractivity (Wildman–Crippen MR) is 157 cm³/mol. The number of nitrogens with zero attached hydrogens (tertiary/aromatic N) is 1. The number of carboxylic acid groups (broad SMARTS) is 1. The average Bonchev–Trinajstić information content (AvgIpc) is 3.36. The number of para-hydroxylation sites is 1. The Hall–Kier alpha value is -5.17. The van der Waals surface area contributed by atoms with E-state index < -0.39 is 12.0 Å². The summed E-state index contributed by atoms with van der Waals surface area (Å²) in [5, 5.41) is 14.3. The van der Waals surface area contributed by atoms with Crippen molar-refractivity contribution in [1.82, 2.24) is 4.98 Å². The van der Waals surface area contributed by atoms with Gasteiger partial charge in [-0.25, -0.2) is 4.98 Å². The Morgan fingerprint density at radius 3 is 2.24 bits per heavy atom. The molecule has 0 aliphatic heterocycles. The molecular formula is C34H30N2O5. The third-order valence-corrected chi connectivity index (χ3v) is 6.75. The first-order valence-corrected chi connectivity index (χ1v) is 13.4. The van der Waals surface area contributed by atoms with Crippen molar-refractivity contribution in [3.63, 3.8) is 0 Å². The highest BCUT2D eigenvalue weighted by Gasteiger charge is 2.17. The van der Waals surface area contributed by atoms with Crippen LogP contribution >= 0.6 is 0 Å². The van der Waals surface area contributed by atoms with Crippen molar-refractivity contribution < 1.29 is 23.8 Å². The molecule has 206 valence electrons. The van der Waals surface area contributed by atoms with E-state index >= 15 is 0 Å². The number of carboxylic acids is 1. The molecule has 2 aliphatic carbocycles. The lowest BCUT2D eigenvalue weighted by Gasteiger charge is -2.14. The Labute approximate surface area is 237 Å². The van der Waals surface area contributed by atoms with Crippen molar-refractivity contribution in [2.24, 2.45) is 0 Å². The van der Waals surface area contributed by atoms with Crippen LogP contribution in [-0.2, 0) is 11.2 Å². The molecule has 1 heterocycles. The molecule has 0 radical (unpaired) electrons. The number of ketones is 1. The van der Waals surface area contributed by atoms with E-state index in [1.54, 1.807) is 48.5 Å². The van der Waals surface area contributed by atoms with Crippen LogP contribution in [0.2, 0.25) is 0 Å². The number of carbonyl (C=O) groups is 2. The summed E-state index contributed by atoms with van der Waals surface area (Å²) in [6, 6.07) is 31.3. The molecule has 3 aromatic carbocycles. The average molecular weight is 547 g/mol. The zero-order valence-electron chi connectivity index (χ0n) is 22.8. The largest absolute Gasteiger partial charge is 0.493 e. The number of aryl methyl sites for hydroxylation is 1. The molecular weight excluding hydrogens is 516 g/mol. The van der Waals surface area contributed by atoms with E-state index in [9.17, 15) is 9.59 Å². The minimum Gasteiger partial charge on any atom is -0.493 e. The van der Waals surface area contributed by atoms with E-state index in [4.69, 9.17) is 14.3 Å². The number of aliphatic carboxylic acids is 1. The molecule has 7 nitrogen and oxygen atoms in total. The Morgan fingerprint density at radius 2 is 1.61 bits per heavy atom. The lowest BCUT2D eigenvalue weighted by Crippen LogP contribution is -2.26. The number of carbonyl (C=O) groups excluding carboxylic acids is 1. The van der Waals surface area contributed by atoms with Crippen LogP contribution in [0.3, 0.4) is 0 Å². The van der Waals surface area contributed by atoms with Crippen molar-refractivity contribution in [2.75, 3.05) is 11.9 Å². The van der Waals surface area contributed by atoms with Gasteiger partial charge in [0.1, 0.15) is 17.6 Å². The molecule has 2 N–H and O–H groups in total. The maximum absolute atomic E-state index is 12.4. The molecule has 1 atom stereocenters. The summed E-state index contributed by atoms with van der Waals surface area (Å²) in [6.07, 6.45) is 0.756. The standard InChI is InChI=1S/C18H15NO2.C16H15NO3/c1-12-16(9-10-20-17-11-14-7-8-15(14)17)19-18(21-12)13-5-3-2-4-6-13;1-11(16(19)20)17-14-10-6-5-9-13(14)15(18)12-7-3-2-4-8-12/h2-8,11H,9-10H2,1H3;2-11,17H,1H3,(H,19,20). The second kappa shape index (κ2) is 12.3. The van der Waals surface area contributed by atoms with Gasteiger partial charge < -0.3 is 19.6 Å². The van der Waals surface area contributed by atoms with Gasteiger partial charge in [0, 0.05) is 34.0 Å². The van der Waals surface area contributed by atoms with Crippen LogP contribution < -0.4 is 10.1 Å². The van der Waals surface area contributed by atoms with Crippen molar-refractivity contribution in [2.45, 2.75) is 26.3 Å². The third kappa shape index (κ3) is 6.36. The SMILES string of the molecule is CC(Nc1ccccc1C(=O)c1ccccc1)C(=O)O.Cc1oc(-c2ccccc2)nc1CCOc1cc2ccc1=2. The first-order valence-electron chi connectivity index (χ1n) is 13.4. The molecule has 1 unspecified atom stereocenters. The predicted octanol–water partition coefficient (Wildman–Crippen LogP) is 6.67. The number of benzene rings is 4. The maximum Gasteiger partial charge on any atom is 0.325 e. The van der Waals surface area contributed by atoms with Gasteiger partial charge in [0.15, 0.2) is 5.78 Å². The first kappa shape index (κ1) is 27.4. The van der Waals surface area contributed by atoms with Crippen molar-refractivity contribution in [1.29, 1.82) is 0 Å². The Balaban J connectivity index is 0.000000165. The van der Waals surface area contributed by atoms with Gasteiger partial charge in [-0.1, -0.05) is 72.8 Å². The fourth-order valence-corrected chi connectivity index (χ4v) is 4.34. The third-order valence-electron chi connectivity index (χ3n) is 6.75. The van der Waals surface area contributed by atoms with Crippen LogP contribution in [0.1, 0.15) is 34.3 Å². The van der Waals surface area contributed by atoms with Crippen LogP contribution in [-0.4, -0.2) is 34.5 Å². The molecule has 41 heavy (non-hydrogen) atoms. The van der Waals surface area contributed by atoms with Gasteiger partial charge in [0.05, 0.1) is 12.3 Å². The number of rotatable bonds is 10. The quantitative estimate of drug-likeness (QED) is 0.185. The molecule has 0 saturated carbocycles. The minimum absolute atomic E-state index is 0.133. The number of hydrogen-bond acceptors (Lipinski definition) is 6. The number of hydrogen-bond donors (Lipinski definition) is 2. The van der Waals surface area contributed by atoms with Crippen LogP contribution in [0.5, 0.6) is 5.75 Å². The fraction of sp³-hybridized carbons (Fsp3) is 0.147. The summed E-state index contributed by atoms with van der Waals surface area (Å²) in [4.78, 5) is 27.9. The molecule has 0 spiro atoms. The van der Waals surface area contributed by atoms with Gasteiger partial charge in [-0.3, -0.25) is 9.59 Å². The Kier molecular flexibility index (Phi) is 8.25. The van der Waals surface area contributed by atoms with E-state index in [0.717, 1.165) is 29.2 Å². The fourth-order valence-electron chi connectivity index (χ4n) is 4.34. The summed E-state index contributed by atoms with van der Waals surface area (Å²) < 4.78 is 11.5. The van der Waals surface area contributed by atoms with Crippen LogP contribution in [0.15, 0.2) is 108 Å². The van der Waals surface area contributed by atoms with Gasteiger partial charge in [0.25, 0.3) is 0 Å². The monoisotopic (exact) mass is 546 g/mol. The normalized spacial score (nSPS) is 11.6. The van der Waals surface area contributed by atoms with E-state index in [-0.39, 0.29) is 5.78 Å². The first-order chi connectivity index (χ1) is 19.9. The van der Waals surface area contributed by atoms with Gasteiger partial charge in [-0.05, 0) is 49.4 Å². The van der Waals surface area contributed by atoms with Gasteiger partial charge in [0.2, 0.25) is 5.89 Å². The second-order valence-corrected chi connectivity index (χ2v) is 9.64. The molecule has 7 heteroatoms. The van der Waals surface area contributed by atoms with Crippen LogP contribution in [0.4, 0.5) is 5.69 Å². The zero-order chi connectivity index (χ0) is 28.8. The molecule has 0 fully saturated rings. The molecule has 0 amide bonds. The number of aromatic nitrogens is 1. The molecule has 0 bridgehead atoms. The molecule has 0 saturated heterocycles. The topological polar surface area (TPSA) is 102 Å². The van der Waals surface area contributed by atoms with Crippen molar-refractivity contribution in [3.05, 3.63) is 136 Å². The second-order valence-electron chi connectivity index (χ2n) is 9.64. The number of nitrogens with one attached hydrogen (secondary N) is 1. The van der Waals surface area contributed by atoms with Gasteiger partial charge >= 0.3 is 5.97 Å². The van der Waals surface area contributed by atoms with E-state index in [2.05, 4.69) is 28.5 Å². The summed E-state index contributed by atoms with van der Waals surface area (Å²) in [5.41, 5.74) is 3.53. The lowest BCUT2D eigenvalue weighted by atomic mass is 10.0. The van der Waals surface area contributed by atoms with E-state index in [1.165, 1.54) is 17.4 Å². The Bertz CT molecular complexity index is 1760. The number of ether oxygens (including phenoxy) is 1. The highest BCUT2D eigenvalue weighted by Crippen LogP contribution is 2.25. The molecule has 4 aromatic rings. The smallest absolute Gasteiger partial charge is 0.325 e. The van der Waals surface area contributed by atoms with Crippen molar-refractivity contribution in [3.8, 4) is 17.2 Å². The van der Waals surface area contributed by atoms with E-state index in [1.807, 2.05) is 43.3 Å². The van der Waals surface area contributed by atoms with Crippen LogP contribution in [0, 0.1) is 17.4 Å². The lowest BCUT2D eigenvalue weighted by molar-refractivity contribution is -0.137. The highest BCUT2D eigenvalue weighted by atomic mass is 16.5. The molecule has 1 aromatic heterocycles. The summed E-state index contributed by atoms with van der Waals surface area (Å²) >= 11 is 0. The van der Waals surface area contributed by atoms with Crippen LogP contribution in [0.25, 0.3) is 11.5 Å². The summed E-state index contributed by atoms with van der Waals surface area (Å²) in [6.45, 7) is 4.11. The minimum atomic E-state index is -0.966. The number of anilines is 1. The van der Waals surface area contributed by atoms with E-state index in [0.29, 0.717) is 29.3 Å². The molecule has 6 rings (SSSR count). The summed E-state index contributed by atoms with van der Waals surface area (Å²) in [7, 11) is 0. The highest BCUT2D eigenvalue weighted by molar-refractivity contribution is 6.12. The van der Waals surface area contributed by atoms with Gasteiger partial charge in [-0.15, -0.1) is 0 Å². The summed E-state index contributed by atoms with van der Waals surface area (Å²) in [5.74, 6) is 1.44. The zero-order valence-corrected chi connectivity index (χ0v) is 22.8. The maximum atomic E-state index is 12.4. The Morgan fingerprint density at radius 1 is 0.927 bits per heavy atom. The number of oxazole rings is 1. The molecule has 2 aliphatic rings.